The van der Waals surface area contributed by atoms with Crippen LogP contribution in [0.2, 0.25) is 0 Å². The van der Waals surface area contributed by atoms with Crippen LogP contribution in [0, 0.1) is 0 Å². The lowest BCUT2D eigenvalue weighted by atomic mass is 10.7. The minimum atomic E-state index is -3.31. The Labute approximate surface area is 114 Å². The second kappa shape index (κ2) is 8.31. The largest absolute Gasteiger partial charge is 0.331 e. The van der Waals surface area contributed by atoms with Gasteiger partial charge in [-0.05, 0) is 37.5 Å². The van der Waals surface area contributed by atoms with E-state index < -0.39 is 13.4 Å². The van der Waals surface area contributed by atoms with Gasteiger partial charge in [0, 0.05) is 13.1 Å². The van der Waals surface area contributed by atoms with Crippen molar-refractivity contribution in [1.29, 1.82) is 0 Å². The summed E-state index contributed by atoms with van der Waals surface area (Å²) in [5, 5.41) is 0. The standard InChI is InChI=1S/C8H21NO4P2S2/c1-5-9(6-2)14(16,11-7-3)13-15(10,17)12-8-4/h5-8H2,1-4H3,(H,10,17). The van der Waals surface area contributed by atoms with Crippen molar-refractivity contribution < 1.29 is 18.3 Å². The third-order valence-electron chi connectivity index (χ3n) is 1.87. The molecule has 0 rings (SSSR count). The molecule has 0 bridgehead atoms. The Bertz CT molecular complexity index is 312. The van der Waals surface area contributed by atoms with Gasteiger partial charge in [0.25, 0.3) is 6.64 Å². The highest BCUT2D eigenvalue weighted by Crippen LogP contribution is 2.64. The van der Waals surface area contributed by atoms with Gasteiger partial charge in [0.2, 0.25) is 0 Å². The zero-order valence-electron chi connectivity index (χ0n) is 10.7. The Balaban J connectivity index is 4.95. The fourth-order valence-corrected chi connectivity index (χ4v) is 7.88. The molecule has 0 fully saturated rings. The lowest BCUT2D eigenvalue weighted by Gasteiger charge is -2.33. The number of nitrogens with zero attached hydrogens (tertiary/aromatic N) is 1. The average molecular weight is 321 g/mol. The molecule has 0 heterocycles. The molecule has 2 atom stereocenters. The molecule has 0 spiro atoms. The van der Waals surface area contributed by atoms with E-state index in [-0.39, 0.29) is 6.61 Å². The van der Waals surface area contributed by atoms with Gasteiger partial charge in [-0.15, -0.1) is 0 Å². The van der Waals surface area contributed by atoms with Crippen molar-refractivity contribution in [2.75, 3.05) is 26.3 Å². The Morgan fingerprint density at radius 3 is 1.82 bits per heavy atom. The number of hydrogen-bond donors (Lipinski definition) is 1. The summed E-state index contributed by atoms with van der Waals surface area (Å²) in [6, 6.07) is 0. The van der Waals surface area contributed by atoms with E-state index in [1.54, 1.807) is 6.92 Å². The minimum Gasteiger partial charge on any atom is -0.324 e. The van der Waals surface area contributed by atoms with Crippen molar-refractivity contribution in [3.63, 3.8) is 0 Å². The molecule has 9 heteroatoms. The van der Waals surface area contributed by atoms with Crippen molar-refractivity contribution >= 4 is 37.0 Å². The van der Waals surface area contributed by atoms with Gasteiger partial charge in [-0.3, -0.25) is 0 Å². The third kappa shape index (κ3) is 6.19. The summed E-state index contributed by atoms with van der Waals surface area (Å²) >= 11 is 10.3. The predicted octanol–water partition coefficient (Wildman–Crippen LogP) is 2.86. The van der Waals surface area contributed by atoms with Crippen LogP contribution in [-0.2, 0) is 37.0 Å². The summed E-state index contributed by atoms with van der Waals surface area (Å²) in [7, 11) is 0. The summed E-state index contributed by atoms with van der Waals surface area (Å²) in [5.74, 6) is 0. The first-order valence-electron chi connectivity index (χ1n) is 5.53. The predicted molar refractivity (Wildman–Crippen MR) is 78.0 cm³/mol. The van der Waals surface area contributed by atoms with Crippen LogP contribution in [0.5, 0.6) is 0 Å². The molecule has 1 N–H and O–H groups in total. The van der Waals surface area contributed by atoms with Crippen molar-refractivity contribution in [1.82, 2.24) is 4.67 Å². The van der Waals surface area contributed by atoms with Crippen molar-refractivity contribution in [3.8, 4) is 0 Å². The van der Waals surface area contributed by atoms with Gasteiger partial charge in [-0.1, -0.05) is 13.8 Å². The molecule has 2 unspecified atom stereocenters. The highest BCUT2D eigenvalue weighted by Gasteiger charge is 2.33. The zero-order chi connectivity index (χ0) is 13.5. The lowest BCUT2D eigenvalue weighted by molar-refractivity contribution is 0.232. The van der Waals surface area contributed by atoms with Crippen LogP contribution in [0.4, 0.5) is 0 Å². The van der Waals surface area contributed by atoms with Crippen molar-refractivity contribution in [2.24, 2.45) is 0 Å². The van der Waals surface area contributed by atoms with Crippen molar-refractivity contribution in [2.45, 2.75) is 27.7 Å². The molecule has 5 nitrogen and oxygen atoms in total. The summed E-state index contributed by atoms with van der Waals surface area (Å²) in [6.45, 7) is 3.47. The normalized spacial score (nSPS) is 18.9. The van der Waals surface area contributed by atoms with Crippen LogP contribution in [0.15, 0.2) is 0 Å². The first-order chi connectivity index (χ1) is 7.85. The van der Waals surface area contributed by atoms with Crippen LogP contribution in [0.25, 0.3) is 0 Å². The Morgan fingerprint density at radius 1 is 1.00 bits per heavy atom. The van der Waals surface area contributed by atoms with E-state index in [1.807, 2.05) is 25.4 Å². The van der Waals surface area contributed by atoms with E-state index in [4.69, 9.17) is 37.0 Å². The Kier molecular flexibility index (Phi) is 8.84. The maximum Gasteiger partial charge on any atom is 0.331 e. The molecule has 0 aliphatic heterocycles. The molecule has 0 radical (unpaired) electrons. The molecule has 0 aromatic carbocycles. The SMILES string of the molecule is CCOP(O)(=S)OP(=S)(OCC)N(CC)CC. The van der Waals surface area contributed by atoms with E-state index in [0.717, 1.165) is 0 Å². The molecule has 17 heavy (non-hydrogen) atoms. The topological polar surface area (TPSA) is 51.2 Å². The van der Waals surface area contributed by atoms with Gasteiger partial charge in [0.15, 0.2) is 0 Å². The second-order valence-electron chi connectivity index (χ2n) is 2.99. The average Bonchev–Trinajstić information content (AvgIpc) is 2.17. The summed E-state index contributed by atoms with van der Waals surface area (Å²) in [4.78, 5) is 9.85. The van der Waals surface area contributed by atoms with Gasteiger partial charge < -0.3 is 13.9 Å². The quantitative estimate of drug-likeness (QED) is 0.655. The number of hydrogen-bond acceptors (Lipinski definition) is 5. The van der Waals surface area contributed by atoms with E-state index in [0.29, 0.717) is 19.7 Å². The second-order valence-corrected chi connectivity index (χ2v) is 9.37. The van der Waals surface area contributed by atoms with Gasteiger partial charge in [0.1, 0.15) is 0 Å². The molecule has 0 saturated heterocycles. The molecular formula is C8H21NO4P2S2. The summed E-state index contributed by atoms with van der Waals surface area (Å²) in [6.07, 6.45) is 0. The molecule has 104 valence electrons. The van der Waals surface area contributed by atoms with Crippen LogP contribution >= 0.6 is 13.4 Å². The molecule has 0 amide bonds. The summed E-state index contributed by atoms with van der Waals surface area (Å²) < 4.78 is 17.8. The van der Waals surface area contributed by atoms with Crippen LogP contribution < -0.4 is 0 Å². The van der Waals surface area contributed by atoms with Crippen molar-refractivity contribution in [3.05, 3.63) is 0 Å². The fourth-order valence-electron chi connectivity index (χ4n) is 1.21. The minimum absolute atomic E-state index is 0.285. The maximum atomic E-state index is 9.85. The monoisotopic (exact) mass is 321 g/mol. The lowest BCUT2D eigenvalue weighted by Crippen LogP contribution is -2.22. The molecule has 0 saturated carbocycles. The van der Waals surface area contributed by atoms with E-state index in [1.165, 1.54) is 0 Å². The third-order valence-corrected chi connectivity index (χ3v) is 8.47. The molecule has 0 aliphatic carbocycles. The Hall–Kier alpha value is 1.10. The molecule has 0 aromatic rings. The molecular weight excluding hydrogens is 300 g/mol. The first kappa shape index (κ1) is 18.1. The smallest absolute Gasteiger partial charge is 0.324 e. The highest BCUT2D eigenvalue weighted by molar-refractivity contribution is 8.15. The van der Waals surface area contributed by atoms with Crippen LogP contribution in [-0.4, -0.2) is 35.9 Å². The van der Waals surface area contributed by atoms with Gasteiger partial charge in [0.05, 0.1) is 13.2 Å². The molecule has 0 aromatic heterocycles. The van der Waals surface area contributed by atoms with Gasteiger partial charge >= 0.3 is 6.72 Å². The highest BCUT2D eigenvalue weighted by atomic mass is 32.5. The van der Waals surface area contributed by atoms with Crippen LogP contribution in [0.1, 0.15) is 27.7 Å². The van der Waals surface area contributed by atoms with Gasteiger partial charge in [-0.2, -0.15) is 0 Å². The van der Waals surface area contributed by atoms with Crippen LogP contribution in [0.3, 0.4) is 0 Å². The first-order valence-corrected chi connectivity index (χ1v) is 10.7. The zero-order valence-corrected chi connectivity index (χ0v) is 14.1. The number of rotatable bonds is 9. The van der Waals surface area contributed by atoms with E-state index in [9.17, 15) is 4.89 Å². The van der Waals surface area contributed by atoms with Gasteiger partial charge in [-0.25, -0.2) is 8.98 Å². The fraction of sp³-hybridized carbons (Fsp3) is 1.00. The van der Waals surface area contributed by atoms with E-state index in [2.05, 4.69) is 0 Å². The van der Waals surface area contributed by atoms with E-state index >= 15 is 0 Å². The summed E-state index contributed by atoms with van der Waals surface area (Å²) in [5.41, 5.74) is 0. The Morgan fingerprint density at radius 2 is 1.47 bits per heavy atom. The maximum absolute atomic E-state index is 9.85. The molecule has 0 aliphatic rings.